The average molecular weight is 544 g/mol. The van der Waals surface area contributed by atoms with Crippen LogP contribution in [0.1, 0.15) is 25.0 Å². The highest BCUT2D eigenvalue weighted by Crippen LogP contribution is 2.53. The summed E-state index contributed by atoms with van der Waals surface area (Å²) in [4.78, 5) is 10.5. The maximum absolute atomic E-state index is 5.34. The number of hydrogen-bond acceptors (Lipinski definition) is 3. The molecule has 1 aliphatic rings. The van der Waals surface area contributed by atoms with Gasteiger partial charge in [-0.2, -0.15) is 0 Å². The van der Waals surface area contributed by atoms with E-state index in [0.717, 1.165) is 32.9 Å². The van der Waals surface area contributed by atoms with Gasteiger partial charge in [0.25, 0.3) is 0 Å². The Morgan fingerprint density at radius 3 is 2.24 bits per heavy atom. The minimum Gasteiger partial charge on any atom is -0.292 e. The minimum absolute atomic E-state index is 0.0581. The molecule has 41 heavy (non-hydrogen) atoms. The highest BCUT2D eigenvalue weighted by molar-refractivity contribution is 7.26. The van der Waals surface area contributed by atoms with E-state index >= 15 is 0 Å². The van der Waals surface area contributed by atoms with Crippen molar-refractivity contribution in [3.63, 3.8) is 0 Å². The molecule has 0 saturated carbocycles. The maximum atomic E-state index is 5.34. The Kier molecular flexibility index (Phi) is 4.55. The molecule has 4 heteroatoms. The van der Waals surface area contributed by atoms with Crippen LogP contribution < -0.4 is 0 Å². The molecule has 3 nitrogen and oxygen atoms in total. The SMILES string of the molecule is CC1(C)c2ccccc2-c2c1ccc1c2c2ccccc2n1-c1nc(-c2ccccc2)nc2c1sc1ccccc12. The van der Waals surface area contributed by atoms with Crippen molar-refractivity contribution in [2.75, 3.05) is 0 Å². The van der Waals surface area contributed by atoms with Gasteiger partial charge >= 0.3 is 0 Å². The largest absolute Gasteiger partial charge is 0.292 e. The number of benzene rings is 5. The van der Waals surface area contributed by atoms with E-state index in [4.69, 9.17) is 9.97 Å². The van der Waals surface area contributed by atoms with Gasteiger partial charge in [0, 0.05) is 31.8 Å². The van der Waals surface area contributed by atoms with Crippen molar-refractivity contribution >= 4 is 53.4 Å². The van der Waals surface area contributed by atoms with Gasteiger partial charge in [0.1, 0.15) is 0 Å². The Bertz CT molecular complexity index is 2340. The summed E-state index contributed by atoms with van der Waals surface area (Å²) in [5.41, 5.74) is 9.76. The molecule has 0 fully saturated rings. The van der Waals surface area contributed by atoms with Crippen LogP contribution in [0, 0.1) is 0 Å². The summed E-state index contributed by atoms with van der Waals surface area (Å²) in [6.45, 7) is 4.69. The Morgan fingerprint density at radius 1 is 0.634 bits per heavy atom. The number of rotatable bonds is 2. The van der Waals surface area contributed by atoms with E-state index in [1.165, 1.54) is 48.6 Å². The number of para-hydroxylation sites is 1. The van der Waals surface area contributed by atoms with E-state index in [2.05, 4.69) is 128 Å². The Balaban J connectivity index is 1.47. The second-order valence-electron chi connectivity index (χ2n) is 11.4. The second-order valence-corrected chi connectivity index (χ2v) is 12.5. The molecule has 0 N–H and O–H groups in total. The van der Waals surface area contributed by atoms with E-state index in [1.54, 1.807) is 11.3 Å². The zero-order valence-corrected chi connectivity index (χ0v) is 23.5. The van der Waals surface area contributed by atoms with Crippen LogP contribution >= 0.6 is 11.3 Å². The average Bonchev–Trinajstić information content (AvgIpc) is 3.63. The molecule has 8 aromatic rings. The van der Waals surface area contributed by atoms with Gasteiger partial charge in [-0.15, -0.1) is 11.3 Å². The van der Waals surface area contributed by atoms with Gasteiger partial charge in [-0.3, -0.25) is 4.57 Å². The lowest BCUT2D eigenvalue weighted by Gasteiger charge is -2.21. The van der Waals surface area contributed by atoms with Crippen molar-refractivity contribution in [2.24, 2.45) is 0 Å². The second kappa shape index (κ2) is 8.12. The minimum atomic E-state index is -0.0581. The van der Waals surface area contributed by atoms with Crippen molar-refractivity contribution < 1.29 is 0 Å². The fourth-order valence-electron chi connectivity index (χ4n) is 6.92. The molecule has 0 amide bonds. The van der Waals surface area contributed by atoms with Crippen molar-refractivity contribution in [1.29, 1.82) is 0 Å². The molecule has 0 saturated heterocycles. The molecular formula is C37H25N3S. The first kappa shape index (κ1) is 23.0. The van der Waals surface area contributed by atoms with E-state index in [-0.39, 0.29) is 5.41 Å². The first-order valence-corrected chi connectivity index (χ1v) is 14.8. The third-order valence-electron chi connectivity index (χ3n) is 8.83. The highest BCUT2D eigenvalue weighted by Gasteiger charge is 2.37. The van der Waals surface area contributed by atoms with E-state index in [1.807, 2.05) is 6.07 Å². The van der Waals surface area contributed by atoms with Crippen molar-refractivity contribution in [3.8, 4) is 28.3 Å². The summed E-state index contributed by atoms with van der Waals surface area (Å²) >= 11 is 1.78. The number of fused-ring (bicyclic) bond motifs is 10. The summed E-state index contributed by atoms with van der Waals surface area (Å²) in [5, 5.41) is 3.72. The third kappa shape index (κ3) is 3.03. The van der Waals surface area contributed by atoms with Crippen molar-refractivity contribution in [1.82, 2.24) is 14.5 Å². The van der Waals surface area contributed by atoms with Crippen LogP contribution in [0.4, 0.5) is 0 Å². The van der Waals surface area contributed by atoms with Crippen LogP contribution in [0.3, 0.4) is 0 Å². The lowest BCUT2D eigenvalue weighted by molar-refractivity contribution is 0.661. The molecular weight excluding hydrogens is 518 g/mol. The molecule has 0 aliphatic heterocycles. The van der Waals surface area contributed by atoms with Crippen LogP contribution in [-0.4, -0.2) is 14.5 Å². The molecule has 3 aromatic heterocycles. The highest BCUT2D eigenvalue weighted by atomic mass is 32.1. The molecule has 0 bridgehead atoms. The van der Waals surface area contributed by atoms with Crippen molar-refractivity contribution in [3.05, 3.63) is 126 Å². The Labute approximate surface area is 241 Å². The fraction of sp³-hybridized carbons (Fsp3) is 0.0811. The topological polar surface area (TPSA) is 30.7 Å². The molecule has 5 aromatic carbocycles. The standard InChI is InChI=1S/C37H25N3S/c1-37(2)26-17-9-6-14-23(26)31-27(37)20-21-29-32(31)24-15-7-10-18-28(24)40(29)36-34-33(25-16-8-11-19-30(25)41-34)38-35(39-36)22-12-4-3-5-13-22/h3-21H,1-2H3. The number of aromatic nitrogens is 3. The van der Waals surface area contributed by atoms with Gasteiger partial charge in [0.05, 0.1) is 21.3 Å². The van der Waals surface area contributed by atoms with Crippen LogP contribution in [0.15, 0.2) is 115 Å². The molecule has 0 radical (unpaired) electrons. The van der Waals surface area contributed by atoms with Gasteiger partial charge in [0.2, 0.25) is 0 Å². The quantitative estimate of drug-likeness (QED) is 0.217. The van der Waals surface area contributed by atoms with Gasteiger partial charge in [-0.1, -0.05) is 111 Å². The molecule has 9 rings (SSSR count). The van der Waals surface area contributed by atoms with Gasteiger partial charge < -0.3 is 0 Å². The third-order valence-corrected chi connectivity index (χ3v) is 9.98. The smallest absolute Gasteiger partial charge is 0.162 e. The Morgan fingerprint density at radius 2 is 1.37 bits per heavy atom. The van der Waals surface area contributed by atoms with Gasteiger partial charge in [-0.05, 0) is 40.5 Å². The van der Waals surface area contributed by atoms with Crippen molar-refractivity contribution in [2.45, 2.75) is 19.3 Å². The van der Waals surface area contributed by atoms with Gasteiger partial charge in [-0.25, -0.2) is 9.97 Å². The van der Waals surface area contributed by atoms with E-state index in [0.29, 0.717) is 0 Å². The molecule has 1 aliphatic carbocycles. The zero-order chi connectivity index (χ0) is 27.3. The summed E-state index contributed by atoms with van der Waals surface area (Å²) in [5.74, 6) is 1.68. The van der Waals surface area contributed by atoms with Crippen LogP contribution in [0.2, 0.25) is 0 Å². The zero-order valence-electron chi connectivity index (χ0n) is 22.7. The number of thiophene rings is 1. The van der Waals surface area contributed by atoms with Crippen LogP contribution in [0.25, 0.3) is 70.4 Å². The first-order valence-electron chi connectivity index (χ1n) is 14.0. The summed E-state index contributed by atoms with van der Waals surface area (Å²) in [6.07, 6.45) is 0. The number of nitrogens with zero attached hydrogens (tertiary/aromatic N) is 3. The lowest BCUT2D eigenvalue weighted by Crippen LogP contribution is -2.14. The van der Waals surface area contributed by atoms with E-state index in [9.17, 15) is 0 Å². The maximum Gasteiger partial charge on any atom is 0.162 e. The predicted octanol–water partition coefficient (Wildman–Crippen LogP) is 9.91. The summed E-state index contributed by atoms with van der Waals surface area (Å²) in [6, 6.07) is 41.2. The normalized spacial score (nSPS) is 13.8. The summed E-state index contributed by atoms with van der Waals surface area (Å²) in [7, 11) is 0. The van der Waals surface area contributed by atoms with Crippen LogP contribution in [0.5, 0.6) is 0 Å². The predicted molar refractivity (Wildman–Crippen MR) is 172 cm³/mol. The molecule has 3 heterocycles. The molecule has 0 unspecified atom stereocenters. The molecule has 0 atom stereocenters. The van der Waals surface area contributed by atoms with Gasteiger partial charge in [0.15, 0.2) is 11.6 Å². The van der Waals surface area contributed by atoms with Crippen LogP contribution in [-0.2, 0) is 5.41 Å². The lowest BCUT2D eigenvalue weighted by atomic mass is 9.82. The van der Waals surface area contributed by atoms with E-state index < -0.39 is 0 Å². The molecule has 194 valence electrons. The Hall–Kier alpha value is -4.80. The number of hydrogen-bond donors (Lipinski definition) is 0. The first-order chi connectivity index (χ1) is 20.1. The molecule has 0 spiro atoms. The monoisotopic (exact) mass is 543 g/mol. The summed E-state index contributed by atoms with van der Waals surface area (Å²) < 4.78 is 4.71. The fourth-order valence-corrected chi connectivity index (χ4v) is 8.05.